The zero-order valence-corrected chi connectivity index (χ0v) is 11.2. The van der Waals surface area contributed by atoms with Gasteiger partial charge < -0.3 is 14.8 Å². The van der Waals surface area contributed by atoms with E-state index in [9.17, 15) is 9.59 Å². The molecule has 1 fully saturated rings. The number of benzene rings is 1. The highest BCUT2D eigenvalue weighted by Crippen LogP contribution is 2.21. The van der Waals surface area contributed by atoms with Crippen LogP contribution in [0.5, 0.6) is 0 Å². The molecule has 1 N–H and O–H groups in total. The van der Waals surface area contributed by atoms with Crippen molar-refractivity contribution in [3.05, 3.63) is 34.9 Å². The Bertz CT molecular complexity index is 480. The summed E-state index contributed by atoms with van der Waals surface area (Å²) in [4.78, 5) is 23.9. The Morgan fingerprint density at radius 3 is 2.58 bits per heavy atom. The summed E-state index contributed by atoms with van der Waals surface area (Å²) in [7, 11) is 1.29. The Balaban J connectivity index is 2.16. The molecule has 1 aliphatic heterocycles. The van der Waals surface area contributed by atoms with Crippen molar-refractivity contribution in [3.8, 4) is 0 Å². The molecule has 1 amide bonds. The van der Waals surface area contributed by atoms with Crippen LogP contribution in [-0.4, -0.2) is 37.7 Å². The molecule has 1 atom stereocenters. The predicted octanol–water partition coefficient (Wildman–Crippen LogP) is 1.40. The van der Waals surface area contributed by atoms with Crippen molar-refractivity contribution in [2.45, 2.75) is 12.0 Å². The van der Waals surface area contributed by atoms with Crippen molar-refractivity contribution in [1.29, 1.82) is 0 Å². The van der Waals surface area contributed by atoms with Gasteiger partial charge in [0.2, 0.25) is 0 Å². The van der Waals surface area contributed by atoms with E-state index in [4.69, 9.17) is 21.1 Å². The number of hydrogen-bond donors (Lipinski definition) is 1. The highest BCUT2D eigenvalue weighted by atomic mass is 35.5. The van der Waals surface area contributed by atoms with Crippen LogP contribution in [0.4, 0.5) is 0 Å². The Morgan fingerprint density at radius 2 is 2.05 bits per heavy atom. The van der Waals surface area contributed by atoms with Gasteiger partial charge in [-0.15, -0.1) is 0 Å². The number of amides is 1. The second-order valence-electron chi connectivity index (χ2n) is 4.34. The van der Waals surface area contributed by atoms with Crippen molar-refractivity contribution in [3.63, 3.8) is 0 Å². The van der Waals surface area contributed by atoms with Crippen molar-refractivity contribution < 1.29 is 19.1 Å². The minimum atomic E-state index is -1.09. The lowest BCUT2D eigenvalue weighted by Gasteiger charge is -2.25. The average molecular weight is 284 g/mol. The third kappa shape index (κ3) is 2.88. The van der Waals surface area contributed by atoms with Crippen molar-refractivity contribution >= 4 is 23.5 Å². The predicted molar refractivity (Wildman–Crippen MR) is 69.1 cm³/mol. The van der Waals surface area contributed by atoms with Gasteiger partial charge in [-0.1, -0.05) is 11.6 Å². The average Bonchev–Trinajstić information content (AvgIpc) is 2.88. The van der Waals surface area contributed by atoms with Gasteiger partial charge >= 0.3 is 5.97 Å². The number of ether oxygens (including phenoxy) is 2. The Morgan fingerprint density at radius 1 is 1.37 bits per heavy atom. The molecule has 0 aliphatic carbocycles. The smallest absolute Gasteiger partial charge is 0.334 e. The number of esters is 1. The number of rotatable bonds is 3. The van der Waals surface area contributed by atoms with E-state index in [1.807, 2.05) is 0 Å². The molecule has 1 aliphatic rings. The fraction of sp³-hybridized carbons (Fsp3) is 0.385. The molecule has 1 heterocycles. The standard InChI is InChI=1S/C13H14ClNO4/c1-18-12(17)13(6-7-19-8-13)15-11(16)9-2-4-10(14)5-3-9/h2-5H,6-8H2,1H3,(H,15,16)/t13-/m0/s1. The van der Waals surface area contributed by atoms with Gasteiger partial charge in [0, 0.05) is 23.6 Å². The lowest BCUT2D eigenvalue weighted by molar-refractivity contribution is -0.148. The van der Waals surface area contributed by atoms with Crippen molar-refractivity contribution in [1.82, 2.24) is 5.32 Å². The van der Waals surface area contributed by atoms with Gasteiger partial charge in [0.15, 0.2) is 5.54 Å². The first-order valence-corrected chi connectivity index (χ1v) is 6.19. The van der Waals surface area contributed by atoms with Crippen molar-refractivity contribution in [2.24, 2.45) is 0 Å². The highest BCUT2D eigenvalue weighted by molar-refractivity contribution is 6.30. The summed E-state index contributed by atoms with van der Waals surface area (Å²) in [5, 5.41) is 3.24. The molecule has 0 spiro atoms. The van der Waals surface area contributed by atoms with Gasteiger partial charge in [-0.2, -0.15) is 0 Å². The first-order chi connectivity index (χ1) is 9.07. The van der Waals surface area contributed by atoms with Crippen LogP contribution in [0.2, 0.25) is 5.02 Å². The SMILES string of the molecule is COC(=O)[C@]1(NC(=O)c2ccc(Cl)cc2)CCOC1. The number of methoxy groups -OCH3 is 1. The first-order valence-electron chi connectivity index (χ1n) is 5.82. The van der Waals surface area contributed by atoms with Gasteiger partial charge in [-0.05, 0) is 24.3 Å². The van der Waals surface area contributed by atoms with Crippen LogP contribution in [-0.2, 0) is 14.3 Å². The summed E-state index contributed by atoms with van der Waals surface area (Å²) < 4.78 is 9.94. The fourth-order valence-electron chi connectivity index (χ4n) is 1.96. The van der Waals surface area contributed by atoms with Gasteiger partial charge in [-0.25, -0.2) is 4.79 Å². The maximum Gasteiger partial charge on any atom is 0.334 e. The molecule has 1 aromatic rings. The van der Waals surface area contributed by atoms with Crippen LogP contribution in [0.3, 0.4) is 0 Å². The number of nitrogens with one attached hydrogen (secondary N) is 1. The minimum absolute atomic E-state index is 0.124. The Labute approximate surface area is 115 Å². The summed E-state index contributed by atoms with van der Waals surface area (Å²) in [6.45, 7) is 0.537. The van der Waals surface area contributed by atoms with E-state index >= 15 is 0 Å². The molecule has 0 unspecified atom stereocenters. The second kappa shape index (κ2) is 5.59. The van der Waals surface area contributed by atoms with Crippen LogP contribution >= 0.6 is 11.6 Å². The molecule has 0 saturated carbocycles. The van der Waals surface area contributed by atoms with E-state index in [1.165, 1.54) is 7.11 Å². The van der Waals surface area contributed by atoms with E-state index in [2.05, 4.69) is 5.32 Å². The fourth-order valence-corrected chi connectivity index (χ4v) is 2.09. The van der Waals surface area contributed by atoms with Crippen molar-refractivity contribution in [2.75, 3.05) is 20.3 Å². The quantitative estimate of drug-likeness (QED) is 0.852. The maximum atomic E-state index is 12.1. The van der Waals surface area contributed by atoms with Crippen LogP contribution in [0.25, 0.3) is 0 Å². The van der Waals surface area contributed by atoms with Crippen LogP contribution < -0.4 is 5.32 Å². The third-order valence-electron chi connectivity index (χ3n) is 3.06. The number of hydrogen-bond acceptors (Lipinski definition) is 4. The van der Waals surface area contributed by atoms with Gasteiger partial charge in [0.05, 0.1) is 13.7 Å². The molecule has 2 rings (SSSR count). The van der Waals surface area contributed by atoms with Crippen LogP contribution in [0.1, 0.15) is 16.8 Å². The first kappa shape index (κ1) is 13.8. The summed E-state index contributed by atoms with van der Waals surface area (Å²) in [5.74, 6) is -0.847. The lowest BCUT2D eigenvalue weighted by Crippen LogP contribution is -2.55. The van der Waals surface area contributed by atoms with Gasteiger partial charge in [0.25, 0.3) is 5.91 Å². The topological polar surface area (TPSA) is 64.6 Å². The summed E-state index contributed by atoms with van der Waals surface area (Å²) >= 11 is 5.76. The zero-order chi connectivity index (χ0) is 13.9. The van der Waals surface area contributed by atoms with E-state index in [-0.39, 0.29) is 12.5 Å². The van der Waals surface area contributed by atoms with Crippen LogP contribution in [0, 0.1) is 0 Å². The minimum Gasteiger partial charge on any atom is -0.467 e. The largest absolute Gasteiger partial charge is 0.467 e. The number of halogens is 1. The molecule has 1 saturated heterocycles. The highest BCUT2D eigenvalue weighted by Gasteiger charge is 2.45. The third-order valence-corrected chi connectivity index (χ3v) is 3.31. The molecule has 19 heavy (non-hydrogen) atoms. The molecule has 6 heteroatoms. The number of carbonyl (C=O) groups is 2. The monoisotopic (exact) mass is 283 g/mol. The second-order valence-corrected chi connectivity index (χ2v) is 4.77. The van der Waals surface area contributed by atoms with Crippen LogP contribution in [0.15, 0.2) is 24.3 Å². The van der Waals surface area contributed by atoms with E-state index in [1.54, 1.807) is 24.3 Å². The van der Waals surface area contributed by atoms with E-state index in [0.29, 0.717) is 23.6 Å². The lowest BCUT2D eigenvalue weighted by atomic mass is 9.98. The summed E-state index contributed by atoms with van der Waals surface area (Å²) in [6, 6.07) is 6.43. The molecule has 0 aromatic heterocycles. The molecule has 0 radical (unpaired) electrons. The molecular weight excluding hydrogens is 270 g/mol. The normalized spacial score (nSPS) is 22.0. The molecule has 0 bridgehead atoms. The maximum absolute atomic E-state index is 12.1. The Kier molecular flexibility index (Phi) is 4.07. The molecular formula is C13H14ClNO4. The zero-order valence-electron chi connectivity index (χ0n) is 10.4. The Hall–Kier alpha value is -1.59. The molecule has 102 valence electrons. The van der Waals surface area contributed by atoms with E-state index in [0.717, 1.165) is 0 Å². The van der Waals surface area contributed by atoms with E-state index < -0.39 is 11.5 Å². The molecule has 5 nitrogen and oxygen atoms in total. The summed E-state index contributed by atoms with van der Waals surface area (Å²) in [5.41, 5.74) is -0.662. The number of carbonyl (C=O) groups excluding carboxylic acids is 2. The summed E-state index contributed by atoms with van der Waals surface area (Å²) in [6.07, 6.45) is 0.402. The van der Waals surface area contributed by atoms with Gasteiger partial charge in [-0.3, -0.25) is 4.79 Å². The van der Waals surface area contributed by atoms with Gasteiger partial charge in [0.1, 0.15) is 0 Å². The molecule has 1 aromatic carbocycles.